The van der Waals surface area contributed by atoms with Gasteiger partial charge < -0.3 is 4.74 Å². The summed E-state index contributed by atoms with van der Waals surface area (Å²) in [7, 11) is 1.31. The van der Waals surface area contributed by atoms with Crippen LogP contribution in [0.2, 0.25) is 0 Å². The number of hydrogen-bond donors (Lipinski definition) is 0. The minimum atomic E-state index is -4.47. The van der Waals surface area contributed by atoms with Crippen LogP contribution in [0.4, 0.5) is 13.2 Å². The first-order valence-electron chi connectivity index (χ1n) is 4.77. The zero-order valence-electron chi connectivity index (χ0n) is 9.35. The maximum atomic E-state index is 12.5. The Kier molecular flexibility index (Phi) is 4.56. The van der Waals surface area contributed by atoms with Crippen molar-refractivity contribution in [3.63, 3.8) is 0 Å². The molecule has 96 valence electrons. The number of halogens is 3. The summed E-state index contributed by atoms with van der Waals surface area (Å²) in [5.41, 5.74) is 7.35. The van der Waals surface area contributed by atoms with E-state index >= 15 is 0 Å². The second-order valence-electron chi connectivity index (χ2n) is 3.14. The second kappa shape index (κ2) is 5.92. The Morgan fingerprint density at radius 3 is 2.83 bits per heavy atom. The van der Waals surface area contributed by atoms with Crippen LogP contribution in [-0.4, -0.2) is 18.6 Å². The third kappa shape index (κ3) is 3.67. The highest BCUT2D eigenvalue weighted by Crippen LogP contribution is 2.31. The summed E-state index contributed by atoms with van der Waals surface area (Å²) in [4.78, 5) is 6.08. The Morgan fingerprint density at radius 2 is 2.28 bits per heavy atom. The number of aromatic nitrogens is 1. The van der Waals surface area contributed by atoms with E-state index in [1.165, 1.54) is 19.3 Å². The summed E-state index contributed by atoms with van der Waals surface area (Å²) in [6.45, 7) is 0.0376. The van der Waals surface area contributed by atoms with E-state index in [1.807, 2.05) is 0 Å². The number of alkyl halides is 3. The molecule has 1 aromatic heterocycles. The lowest BCUT2D eigenvalue weighted by atomic mass is 10.2. The molecule has 0 saturated heterocycles. The highest BCUT2D eigenvalue weighted by Gasteiger charge is 2.31. The molecule has 0 atom stereocenters. The molecule has 0 radical (unpaired) electrons. The van der Waals surface area contributed by atoms with Crippen molar-refractivity contribution < 1.29 is 17.9 Å². The molecular weight excluding hydrogens is 249 g/mol. The first-order valence-corrected chi connectivity index (χ1v) is 4.77. The summed E-state index contributed by atoms with van der Waals surface area (Å²) in [5, 5.41) is 3.22. The fourth-order valence-electron chi connectivity index (χ4n) is 1.18. The van der Waals surface area contributed by atoms with E-state index in [-0.39, 0.29) is 18.0 Å². The van der Waals surface area contributed by atoms with E-state index in [4.69, 9.17) is 10.3 Å². The molecule has 0 aliphatic rings. The van der Waals surface area contributed by atoms with E-state index in [0.29, 0.717) is 6.20 Å². The molecule has 5 nitrogen and oxygen atoms in total. The first kappa shape index (κ1) is 13.9. The minimum Gasteiger partial charge on any atom is -0.481 e. The number of pyridine rings is 1. The van der Waals surface area contributed by atoms with E-state index in [9.17, 15) is 13.2 Å². The molecule has 0 bridgehead atoms. The van der Waals surface area contributed by atoms with Crippen LogP contribution in [0.5, 0.6) is 5.88 Å². The van der Waals surface area contributed by atoms with Crippen LogP contribution in [0.3, 0.4) is 0 Å². The molecule has 0 unspecified atom stereocenters. The van der Waals surface area contributed by atoms with E-state index in [2.05, 4.69) is 15.0 Å². The third-order valence-corrected chi connectivity index (χ3v) is 1.95. The van der Waals surface area contributed by atoms with Gasteiger partial charge in [-0.3, -0.25) is 0 Å². The minimum absolute atomic E-state index is 0.0376. The Hall–Kier alpha value is -2.21. The molecule has 0 aliphatic heterocycles. The number of nitrogens with zero attached hydrogens (tertiary/aromatic N) is 4. The zero-order chi connectivity index (χ0) is 13.6. The molecule has 0 saturated carbocycles. The summed E-state index contributed by atoms with van der Waals surface area (Å²) in [6, 6.07) is 0.915. The number of hydrogen-bond acceptors (Lipinski definition) is 3. The molecule has 0 N–H and O–H groups in total. The second-order valence-corrected chi connectivity index (χ2v) is 3.14. The van der Waals surface area contributed by atoms with Gasteiger partial charge >= 0.3 is 6.18 Å². The van der Waals surface area contributed by atoms with Crippen molar-refractivity contribution in [2.45, 2.75) is 6.18 Å². The predicted molar refractivity (Wildman–Crippen MR) is 58.8 cm³/mol. The first-order chi connectivity index (χ1) is 8.49. The smallest absolute Gasteiger partial charge is 0.417 e. The summed E-state index contributed by atoms with van der Waals surface area (Å²) < 4.78 is 42.3. The van der Waals surface area contributed by atoms with Crippen LogP contribution in [0.25, 0.3) is 16.5 Å². The average molecular weight is 258 g/mol. The Balaban J connectivity index is 3.06. The van der Waals surface area contributed by atoms with Crippen LogP contribution in [-0.2, 0) is 6.18 Å². The topological polar surface area (TPSA) is 70.9 Å². The van der Waals surface area contributed by atoms with Crippen molar-refractivity contribution in [1.29, 1.82) is 0 Å². The third-order valence-electron chi connectivity index (χ3n) is 1.95. The van der Waals surface area contributed by atoms with Gasteiger partial charge in [0.15, 0.2) is 0 Å². The standard InChI is InChI=1S/C10H9F3N4O/c1-18-9-7(3-2-4-16-17-14)5-8(6-15-9)10(11,12)13/h2-3,5-6H,4H2,1H3. The van der Waals surface area contributed by atoms with Gasteiger partial charge in [-0.05, 0) is 11.6 Å². The van der Waals surface area contributed by atoms with Crippen molar-refractivity contribution in [3.05, 3.63) is 39.9 Å². The van der Waals surface area contributed by atoms with Crippen LogP contribution in [0, 0.1) is 0 Å². The predicted octanol–water partition coefficient (Wildman–Crippen LogP) is 3.43. The van der Waals surface area contributed by atoms with Crippen LogP contribution in [0.15, 0.2) is 23.5 Å². The van der Waals surface area contributed by atoms with Gasteiger partial charge in [0.25, 0.3) is 0 Å². The van der Waals surface area contributed by atoms with Gasteiger partial charge in [-0.2, -0.15) is 13.2 Å². The lowest BCUT2D eigenvalue weighted by Gasteiger charge is -2.09. The quantitative estimate of drug-likeness (QED) is 0.471. The Morgan fingerprint density at radius 1 is 1.56 bits per heavy atom. The number of azide groups is 1. The molecule has 0 aromatic carbocycles. The largest absolute Gasteiger partial charge is 0.481 e. The van der Waals surface area contributed by atoms with Crippen LogP contribution < -0.4 is 4.74 Å². The number of rotatable bonds is 4. The van der Waals surface area contributed by atoms with Gasteiger partial charge in [0.2, 0.25) is 5.88 Å². The maximum absolute atomic E-state index is 12.5. The highest BCUT2D eigenvalue weighted by molar-refractivity contribution is 5.56. The molecule has 1 heterocycles. The normalized spacial score (nSPS) is 11.3. The van der Waals surface area contributed by atoms with Crippen molar-refractivity contribution in [2.24, 2.45) is 5.11 Å². The number of methoxy groups -OCH3 is 1. The maximum Gasteiger partial charge on any atom is 0.417 e. The van der Waals surface area contributed by atoms with Crippen LogP contribution >= 0.6 is 0 Å². The fourth-order valence-corrected chi connectivity index (χ4v) is 1.18. The number of ether oxygens (including phenoxy) is 1. The summed E-state index contributed by atoms with van der Waals surface area (Å²) >= 11 is 0. The molecule has 0 spiro atoms. The van der Waals surface area contributed by atoms with Crippen molar-refractivity contribution in [1.82, 2.24) is 4.98 Å². The van der Waals surface area contributed by atoms with E-state index in [1.54, 1.807) is 0 Å². The van der Waals surface area contributed by atoms with Gasteiger partial charge in [0.1, 0.15) is 0 Å². The van der Waals surface area contributed by atoms with Gasteiger partial charge in [-0.15, -0.1) is 0 Å². The SMILES string of the molecule is COc1ncc(C(F)(F)F)cc1C=CCN=[N+]=[N-]. The molecule has 8 heteroatoms. The summed E-state index contributed by atoms with van der Waals surface area (Å²) in [5.74, 6) is 0.0696. The molecule has 0 fully saturated rings. The lowest BCUT2D eigenvalue weighted by molar-refractivity contribution is -0.137. The molecule has 0 aliphatic carbocycles. The molecule has 1 rings (SSSR count). The zero-order valence-corrected chi connectivity index (χ0v) is 9.35. The van der Waals surface area contributed by atoms with Gasteiger partial charge in [0.05, 0.1) is 12.7 Å². The Labute approximate surface area is 101 Å². The van der Waals surface area contributed by atoms with E-state index < -0.39 is 11.7 Å². The fraction of sp³-hybridized carbons (Fsp3) is 0.300. The Bertz CT molecular complexity index is 492. The lowest BCUT2D eigenvalue weighted by Crippen LogP contribution is -2.06. The highest BCUT2D eigenvalue weighted by atomic mass is 19.4. The molecule has 0 amide bonds. The van der Waals surface area contributed by atoms with Crippen molar-refractivity contribution in [3.8, 4) is 5.88 Å². The van der Waals surface area contributed by atoms with Gasteiger partial charge in [-0.25, -0.2) is 4.98 Å². The van der Waals surface area contributed by atoms with Crippen molar-refractivity contribution in [2.75, 3.05) is 13.7 Å². The molecular formula is C10H9F3N4O. The average Bonchev–Trinajstić information content (AvgIpc) is 2.33. The molecule has 18 heavy (non-hydrogen) atoms. The monoisotopic (exact) mass is 258 g/mol. The van der Waals surface area contributed by atoms with Crippen molar-refractivity contribution >= 4 is 6.08 Å². The summed E-state index contributed by atoms with van der Waals surface area (Å²) in [6.07, 6.45) is -0.995. The van der Waals surface area contributed by atoms with Gasteiger partial charge in [-0.1, -0.05) is 17.3 Å². The van der Waals surface area contributed by atoms with Crippen LogP contribution in [0.1, 0.15) is 11.1 Å². The molecule has 1 aromatic rings. The van der Waals surface area contributed by atoms with Gasteiger partial charge in [0, 0.05) is 23.2 Å². The van der Waals surface area contributed by atoms with E-state index in [0.717, 1.165) is 6.07 Å².